The van der Waals surface area contributed by atoms with Gasteiger partial charge in [-0.05, 0) is 37.1 Å². The molecule has 0 N–H and O–H groups in total. The first kappa shape index (κ1) is 15.6. The molecular weight excluding hydrogens is 311 g/mol. The van der Waals surface area contributed by atoms with Gasteiger partial charge in [-0.15, -0.1) is 3.89 Å². The van der Waals surface area contributed by atoms with Crippen LogP contribution in [0.3, 0.4) is 0 Å². The Morgan fingerprint density at radius 1 is 1.17 bits per heavy atom. The number of hydrogen-bond acceptors (Lipinski definition) is 3. The highest BCUT2D eigenvalue weighted by Gasteiger charge is 2.11. The van der Waals surface area contributed by atoms with Crippen molar-refractivity contribution in [3.63, 3.8) is 0 Å². The van der Waals surface area contributed by atoms with E-state index in [0.717, 1.165) is 16.5 Å². The highest BCUT2D eigenvalue weighted by Crippen LogP contribution is 2.32. The van der Waals surface area contributed by atoms with Crippen LogP contribution in [0.15, 0.2) is 36.7 Å². The molecule has 118 valence electrons. The van der Waals surface area contributed by atoms with E-state index in [2.05, 4.69) is 43.1 Å². The molecule has 3 aromatic rings. The van der Waals surface area contributed by atoms with Crippen molar-refractivity contribution in [3.8, 4) is 5.75 Å². The number of aromatic nitrogens is 2. The summed E-state index contributed by atoms with van der Waals surface area (Å²) in [5, 5.41) is 0.792. The van der Waals surface area contributed by atoms with Crippen LogP contribution in [0.5, 0.6) is 5.75 Å². The van der Waals surface area contributed by atoms with Crippen molar-refractivity contribution in [2.45, 2.75) is 13.8 Å². The van der Waals surface area contributed by atoms with Gasteiger partial charge in [0.1, 0.15) is 5.75 Å². The molecule has 5 heteroatoms. The zero-order valence-corrected chi connectivity index (χ0v) is 14.0. The molecule has 0 bridgehead atoms. The van der Waals surface area contributed by atoms with Gasteiger partial charge in [-0.2, -0.15) is 0 Å². The van der Waals surface area contributed by atoms with Gasteiger partial charge in [-0.3, -0.25) is 0 Å². The summed E-state index contributed by atoms with van der Waals surface area (Å²) < 4.78 is 19.8. The van der Waals surface area contributed by atoms with Gasteiger partial charge >= 0.3 is 0 Å². The van der Waals surface area contributed by atoms with Gasteiger partial charge in [0.2, 0.25) is 0 Å². The first-order chi connectivity index (χ1) is 11.1. The van der Waals surface area contributed by atoms with Gasteiger partial charge in [0, 0.05) is 18.0 Å². The summed E-state index contributed by atoms with van der Waals surface area (Å²) in [5.41, 5.74) is 5.00. The van der Waals surface area contributed by atoms with E-state index in [1.165, 1.54) is 15.1 Å². The van der Waals surface area contributed by atoms with Crippen LogP contribution >= 0.6 is 12.3 Å². The lowest BCUT2D eigenvalue weighted by molar-refractivity contribution is 0.418. The molecule has 1 aromatic carbocycles. The molecule has 2 heterocycles. The van der Waals surface area contributed by atoms with Gasteiger partial charge in [-0.1, -0.05) is 29.8 Å². The van der Waals surface area contributed by atoms with Crippen molar-refractivity contribution in [1.82, 2.24) is 8.96 Å². The van der Waals surface area contributed by atoms with Crippen LogP contribution in [-0.2, 0) is 0 Å². The predicted molar refractivity (Wildman–Crippen MR) is 95.2 cm³/mol. The molecule has 0 aliphatic rings. The molecule has 0 saturated carbocycles. The third-order valence-electron chi connectivity index (χ3n) is 3.81. The van der Waals surface area contributed by atoms with Crippen molar-refractivity contribution in [2.24, 2.45) is 0 Å². The Hall–Kier alpha value is -2.27. The molecule has 2 aromatic heterocycles. The Balaban J connectivity index is 2.06. The lowest BCUT2D eigenvalue weighted by atomic mass is 10.0. The van der Waals surface area contributed by atoms with Gasteiger partial charge < -0.3 is 4.74 Å². The molecule has 0 aliphatic heterocycles. The van der Waals surface area contributed by atoms with Crippen LogP contribution < -0.4 is 4.74 Å². The van der Waals surface area contributed by atoms with Crippen LogP contribution in [0.25, 0.3) is 23.2 Å². The van der Waals surface area contributed by atoms with Crippen molar-refractivity contribution in [2.75, 3.05) is 7.11 Å². The van der Waals surface area contributed by atoms with Gasteiger partial charge in [0.05, 0.1) is 12.5 Å². The minimum absolute atomic E-state index is 0.124. The second-order valence-corrected chi connectivity index (χ2v) is 5.92. The Morgan fingerprint density at radius 3 is 2.70 bits per heavy atom. The fourth-order valence-corrected chi connectivity index (χ4v) is 2.89. The van der Waals surface area contributed by atoms with Crippen molar-refractivity contribution in [1.29, 1.82) is 0 Å². The monoisotopic (exact) mass is 328 g/mol. The Morgan fingerprint density at radius 2 is 1.96 bits per heavy atom. The molecule has 0 amide bonds. The number of methoxy groups -OCH3 is 1. The van der Waals surface area contributed by atoms with Crippen LogP contribution in [0.2, 0.25) is 0 Å². The first-order valence-electron chi connectivity index (χ1n) is 7.22. The maximum Gasteiger partial charge on any atom is 0.171 e. The lowest BCUT2D eigenvalue weighted by Crippen LogP contribution is -1.92. The van der Waals surface area contributed by atoms with E-state index in [4.69, 9.17) is 4.74 Å². The fraction of sp³-hybridized carbons (Fsp3) is 0.167. The number of aryl methyl sites for hydroxylation is 2. The minimum atomic E-state index is 0.124. The molecule has 3 nitrogen and oxygen atoms in total. The average molecular weight is 328 g/mol. The first-order valence-corrected chi connectivity index (χ1v) is 7.90. The molecule has 0 atom stereocenters. The van der Waals surface area contributed by atoms with Crippen molar-refractivity contribution < 1.29 is 8.62 Å². The molecule has 23 heavy (non-hydrogen) atoms. The molecule has 3 rings (SSSR count). The minimum Gasteiger partial charge on any atom is -0.495 e. The average Bonchev–Trinajstić information content (AvgIpc) is 2.98. The summed E-state index contributed by atoms with van der Waals surface area (Å²) >= 11 is 0.124. The van der Waals surface area contributed by atoms with Crippen LogP contribution in [0.1, 0.15) is 22.3 Å². The number of pyridine rings is 1. The number of ether oxygens (including phenoxy) is 1. The van der Waals surface area contributed by atoms with E-state index >= 15 is 0 Å². The second kappa shape index (κ2) is 6.46. The van der Waals surface area contributed by atoms with Gasteiger partial charge in [0.25, 0.3) is 0 Å². The zero-order valence-electron chi connectivity index (χ0n) is 13.2. The van der Waals surface area contributed by atoms with Crippen molar-refractivity contribution in [3.05, 3.63) is 58.9 Å². The number of nitrogens with zero attached hydrogens (tertiary/aromatic N) is 2. The van der Waals surface area contributed by atoms with Crippen LogP contribution in [0, 0.1) is 13.8 Å². The van der Waals surface area contributed by atoms with E-state index in [1.807, 2.05) is 12.1 Å². The van der Waals surface area contributed by atoms with Crippen molar-refractivity contribution >= 4 is 35.5 Å². The maximum atomic E-state index is 12.9. The Kier molecular flexibility index (Phi) is 4.39. The van der Waals surface area contributed by atoms with Gasteiger partial charge in [0.15, 0.2) is 18.0 Å². The second-order valence-electron chi connectivity index (χ2n) is 5.39. The molecule has 0 fully saturated rings. The molecule has 0 unspecified atom stereocenters. The summed E-state index contributed by atoms with van der Waals surface area (Å²) in [5.74, 6) is 0.698. The number of halogens is 1. The molecule has 0 radical (unpaired) electrons. The molecule has 0 aliphatic carbocycles. The van der Waals surface area contributed by atoms with E-state index in [9.17, 15) is 3.89 Å². The third-order valence-corrected chi connectivity index (χ3v) is 4.26. The Bertz CT molecular complexity index is 886. The summed E-state index contributed by atoms with van der Waals surface area (Å²) in [7, 11) is 1.62. The standard InChI is InChI=1S/C18H17FN2OS/c1-12-4-5-13(2)14(10-12)6-7-15-11-20-18-16(17(15)22-3)8-9-21(18)23-19/h4-11H,1-3H3/b7-6+. The SMILES string of the molecule is COc1c(/C=C/c2cc(C)ccc2C)cnc2c1ccn2SF. The summed E-state index contributed by atoms with van der Waals surface area (Å²) in [6.07, 6.45) is 7.38. The fourth-order valence-electron chi connectivity index (χ4n) is 2.58. The van der Waals surface area contributed by atoms with E-state index in [-0.39, 0.29) is 12.3 Å². The predicted octanol–water partition coefficient (Wildman–Crippen LogP) is 5.21. The molecule has 0 saturated heterocycles. The zero-order chi connectivity index (χ0) is 16.4. The topological polar surface area (TPSA) is 27.1 Å². The highest BCUT2D eigenvalue weighted by atomic mass is 32.2. The smallest absolute Gasteiger partial charge is 0.171 e. The molecule has 0 spiro atoms. The lowest BCUT2D eigenvalue weighted by Gasteiger charge is -2.07. The summed E-state index contributed by atoms with van der Waals surface area (Å²) in [6.45, 7) is 4.15. The quantitative estimate of drug-likeness (QED) is 0.657. The maximum absolute atomic E-state index is 12.9. The largest absolute Gasteiger partial charge is 0.495 e. The number of rotatable bonds is 4. The van der Waals surface area contributed by atoms with Crippen LogP contribution in [0.4, 0.5) is 3.89 Å². The van der Waals surface area contributed by atoms with Crippen LogP contribution in [-0.4, -0.2) is 16.1 Å². The van der Waals surface area contributed by atoms with Gasteiger partial charge in [-0.25, -0.2) is 8.96 Å². The normalized spacial score (nSPS) is 11.5. The van der Waals surface area contributed by atoms with E-state index in [1.54, 1.807) is 19.5 Å². The third kappa shape index (κ3) is 2.97. The summed E-state index contributed by atoms with van der Waals surface area (Å²) in [6, 6.07) is 8.15. The van der Waals surface area contributed by atoms with E-state index in [0.29, 0.717) is 11.4 Å². The highest BCUT2D eigenvalue weighted by molar-refractivity contribution is 7.92. The number of hydrogen-bond donors (Lipinski definition) is 0. The molecular formula is C18H17FN2OS. The summed E-state index contributed by atoms with van der Waals surface area (Å²) in [4.78, 5) is 4.34. The number of fused-ring (bicyclic) bond motifs is 1. The van der Waals surface area contributed by atoms with E-state index < -0.39 is 0 Å². The number of benzene rings is 1. The Labute approximate surface area is 139 Å².